The van der Waals surface area contributed by atoms with E-state index >= 15 is 0 Å². The van der Waals surface area contributed by atoms with E-state index in [1.807, 2.05) is 29.6 Å². The number of hydrogen-bond donors (Lipinski definition) is 1. The third-order valence-electron chi connectivity index (χ3n) is 3.89. The van der Waals surface area contributed by atoms with Crippen molar-refractivity contribution in [2.45, 2.75) is 5.16 Å². The highest BCUT2D eigenvalue weighted by atomic mass is 32.2. The first-order valence-corrected chi connectivity index (χ1v) is 9.18. The molecule has 3 heterocycles. The Hall–Kier alpha value is -2.38. The number of para-hydroxylation sites is 1. The minimum Gasteiger partial charge on any atom is -0.360 e. The molecule has 7 heteroatoms. The first kappa shape index (κ1) is 15.2. The highest BCUT2D eigenvalue weighted by molar-refractivity contribution is 7.99. The number of carbonyl (C=O) groups is 1. The maximum atomic E-state index is 12.5. The Balaban J connectivity index is 1.62. The third-order valence-corrected chi connectivity index (χ3v) is 5.72. The Bertz CT molecular complexity index is 1120. The zero-order valence-corrected chi connectivity index (χ0v) is 14.4. The van der Waals surface area contributed by atoms with Gasteiger partial charge in [0, 0.05) is 29.7 Å². The van der Waals surface area contributed by atoms with Crippen molar-refractivity contribution in [1.82, 2.24) is 14.5 Å². The normalized spacial score (nSPS) is 11.4. The van der Waals surface area contributed by atoms with Crippen LogP contribution in [0.4, 0.5) is 0 Å². The molecule has 0 fully saturated rings. The summed E-state index contributed by atoms with van der Waals surface area (Å²) in [7, 11) is 1.69. The lowest BCUT2D eigenvalue weighted by Crippen LogP contribution is -2.19. The second kappa shape index (κ2) is 5.92. The van der Waals surface area contributed by atoms with Crippen LogP contribution in [0.2, 0.25) is 0 Å². The molecule has 0 bridgehead atoms. The molecule has 0 radical (unpaired) electrons. The fourth-order valence-electron chi connectivity index (χ4n) is 2.62. The van der Waals surface area contributed by atoms with Crippen molar-refractivity contribution >= 4 is 50.0 Å². The van der Waals surface area contributed by atoms with Crippen LogP contribution in [0.1, 0.15) is 10.4 Å². The maximum absolute atomic E-state index is 12.5. The SMILES string of the molecule is Cn1c(SCC(=O)c2c[nH]c3ccccc23)nc2sccc2c1=O. The number of thioether (sulfide) groups is 1. The molecule has 3 aromatic heterocycles. The monoisotopic (exact) mass is 355 g/mol. The molecular weight excluding hydrogens is 342 g/mol. The van der Waals surface area contributed by atoms with Gasteiger partial charge in [-0.2, -0.15) is 0 Å². The van der Waals surface area contributed by atoms with Gasteiger partial charge in [0.15, 0.2) is 10.9 Å². The van der Waals surface area contributed by atoms with Crippen molar-refractivity contribution in [1.29, 1.82) is 0 Å². The summed E-state index contributed by atoms with van der Waals surface area (Å²) >= 11 is 2.72. The van der Waals surface area contributed by atoms with E-state index in [1.54, 1.807) is 19.3 Å². The number of nitrogens with zero attached hydrogens (tertiary/aromatic N) is 2. The number of benzene rings is 1. The summed E-state index contributed by atoms with van der Waals surface area (Å²) in [6, 6.07) is 9.49. The smallest absolute Gasteiger partial charge is 0.262 e. The molecule has 0 saturated heterocycles. The maximum Gasteiger partial charge on any atom is 0.262 e. The van der Waals surface area contributed by atoms with Crippen LogP contribution < -0.4 is 5.56 Å². The van der Waals surface area contributed by atoms with Gasteiger partial charge in [0.05, 0.1) is 11.1 Å². The van der Waals surface area contributed by atoms with Gasteiger partial charge in [-0.3, -0.25) is 14.2 Å². The predicted molar refractivity (Wildman–Crippen MR) is 98.2 cm³/mol. The highest BCUT2D eigenvalue weighted by Crippen LogP contribution is 2.23. The van der Waals surface area contributed by atoms with Gasteiger partial charge in [-0.1, -0.05) is 30.0 Å². The lowest BCUT2D eigenvalue weighted by Gasteiger charge is -2.06. The molecule has 4 aromatic rings. The number of nitrogens with one attached hydrogen (secondary N) is 1. The molecule has 24 heavy (non-hydrogen) atoms. The van der Waals surface area contributed by atoms with Crippen LogP contribution in [0.15, 0.2) is 51.9 Å². The molecule has 0 unspecified atom stereocenters. The van der Waals surface area contributed by atoms with Gasteiger partial charge in [0.25, 0.3) is 5.56 Å². The van der Waals surface area contributed by atoms with Crippen LogP contribution >= 0.6 is 23.1 Å². The Morgan fingerprint density at radius 3 is 3.00 bits per heavy atom. The standard InChI is InChI=1S/C17H13N3O2S2/c1-20-16(22)11-6-7-23-15(11)19-17(20)24-9-14(21)12-8-18-13-5-3-2-4-10(12)13/h2-8,18H,9H2,1H3. The molecular formula is C17H13N3O2S2. The molecule has 5 nitrogen and oxygen atoms in total. The van der Waals surface area contributed by atoms with Gasteiger partial charge in [-0.25, -0.2) is 4.98 Å². The Morgan fingerprint density at radius 2 is 2.12 bits per heavy atom. The number of ketones is 1. The van der Waals surface area contributed by atoms with E-state index in [0.29, 0.717) is 20.9 Å². The van der Waals surface area contributed by atoms with E-state index < -0.39 is 0 Å². The van der Waals surface area contributed by atoms with Crippen molar-refractivity contribution in [3.63, 3.8) is 0 Å². The van der Waals surface area contributed by atoms with Crippen molar-refractivity contribution in [2.75, 3.05) is 5.75 Å². The molecule has 0 spiro atoms. The summed E-state index contributed by atoms with van der Waals surface area (Å²) in [5.41, 5.74) is 1.53. The van der Waals surface area contributed by atoms with Gasteiger partial charge in [-0.05, 0) is 17.5 Å². The van der Waals surface area contributed by atoms with Crippen molar-refractivity contribution in [2.24, 2.45) is 7.05 Å². The number of Topliss-reactive ketones (excluding diaryl/α,β-unsaturated/α-hetero) is 1. The molecule has 0 atom stereocenters. The molecule has 120 valence electrons. The summed E-state index contributed by atoms with van der Waals surface area (Å²) < 4.78 is 1.50. The lowest BCUT2D eigenvalue weighted by molar-refractivity contribution is 0.102. The van der Waals surface area contributed by atoms with Gasteiger partial charge in [-0.15, -0.1) is 11.3 Å². The number of rotatable bonds is 4. The van der Waals surface area contributed by atoms with Gasteiger partial charge in [0.1, 0.15) is 4.83 Å². The van der Waals surface area contributed by atoms with Gasteiger partial charge in [0.2, 0.25) is 0 Å². The third kappa shape index (κ3) is 2.46. The summed E-state index contributed by atoms with van der Waals surface area (Å²) in [6.45, 7) is 0. The number of H-pyrrole nitrogens is 1. The molecule has 0 aliphatic carbocycles. The molecule has 0 saturated carbocycles. The minimum atomic E-state index is -0.0803. The van der Waals surface area contributed by atoms with Gasteiger partial charge >= 0.3 is 0 Å². The second-order valence-electron chi connectivity index (χ2n) is 5.36. The molecule has 0 aliphatic heterocycles. The Labute approximate surface area is 145 Å². The fraction of sp³-hybridized carbons (Fsp3) is 0.118. The van der Waals surface area contributed by atoms with E-state index in [0.717, 1.165) is 10.9 Å². The van der Waals surface area contributed by atoms with E-state index in [2.05, 4.69) is 9.97 Å². The number of aromatic amines is 1. The van der Waals surface area contributed by atoms with Crippen LogP contribution in [-0.2, 0) is 7.05 Å². The van der Waals surface area contributed by atoms with Crippen LogP contribution in [0.25, 0.3) is 21.1 Å². The number of carbonyl (C=O) groups excluding carboxylic acids is 1. The topological polar surface area (TPSA) is 67.8 Å². The Kier molecular flexibility index (Phi) is 3.74. The average molecular weight is 355 g/mol. The quantitative estimate of drug-likeness (QED) is 0.346. The molecule has 0 amide bonds. The largest absolute Gasteiger partial charge is 0.360 e. The van der Waals surface area contributed by atoms with Gasteiger partial charge < -0.3 is 4.98 Å². The van der Waals surface area contributed by atoms with Crippen molar-refractivity contribution in [3.8, 4) is 0 Å². The highest BCUT2D eigenvalue weighted by Gasteiger charge is 2.15. The van der Waals surface area contributed by atoms with Crippen LogP contribution in [0.3, 0.4) is 0 Å². The van der Waals surface area contributed by atoms with Crippen molar-refractivity contribution in [3.05, 3.63) is 57.8 Å². The lowest BCUT2D eigenvalue weighted by atomic mass is 10.1. The minimum absolute atomic E-state index is 0.0120. The average Bonchev–Trinajstić information content (AvgIpc) is 3.23. The number of thiophene rings is 1. The summed E-state index contributed by atoms with van der Waals surface area (Å²) in [4.78, 5) is 33.1. The molecule has 1 N–H and O–H groups in total. The van der Waals surface area contributed by atoms with Crippen molar-refractivity contribution < 1.29 is 4.79 Å². The second-order valence-corrected chi connectivity index (χ2v) is 7.19. The van der Waals surface area contributed by atoms with Crippen LogP contribution in [0, 0.1) is 0 Å². The summed E-state index contributed by atoms with van der Waals surface area (Å²) in [5.74, 6) is 0.247. The van der Waals surface area contributed by atoms with E-state index in [1.165, 1.54) is 27.7 Å². The summed E-state index contributed by atoms with van der Waals surface area (Å²) in [6.07, 6.45) is 1.74. The number of fused-ring (bicyclic) bond motifs is 2. The molecule has 0 aliphatic rings. The fourth-order valence-corrected chi connectivity index (χ4v) is 4.28. The molecule has 1 aromatic carbocycles. The number of hydrogen-bond acceptors (Lipinski definition) is 5. The van der Waals surface area contributed by atoms with Crippen LogP contribution in [0.5, 0.6) is 0 Å². The van der Waals surface area contributed by atoms with E-state index in [4.69, 9.17) is 0 Å². The van der Waals surface area contributed by atoms with Crippen LogP contribution in [-0.4, -0.2) is 26.1 Å². The number of aromatic nitrogens is 3. The first-order valence-electron chi connectivity index (χ1n) is 7.31. The summed E-state index contributed by atoms with van der Waals surface area (Å²) in [5, 5.41) is 3.95. The first-order chi connectivity index (χ1) is 11.6. The molecule has 4 rings (SSSR count). The van der Waals surface area contributed by atoms with E-state index in [9.17, 15) is 9.59 Å². The van der Waals surface area contributed by atoms with E-state index in [-0.39, 0.29) is 17.1 Å². The zero-order valence-electron chi connectivity index (χ0n) is 12.8. The zero-order chi connectivity index (χ0) is 16.7. The predicted octanol–water partition coefficient (Wildman–Crippen LogP) is 3.45. The Morgan fingerprint density at radius 1 is 1.29 bits per heavy atom.